The molecule has 21 heavy (non-hydrogen) atoms. The van der Waals surface area contributed by atoms with Crippen LogP contribution < -0.4 is 5.32 Å². The highest BCUT2D eigenvalue weighted by Gasteiger charge is 2.18. The molecule has 1 N–H and O–H groups in total. The molecule has 1 heterocycles. The first-order valence-electron chi connectivity index (χ1n) is 7.13. The molecule has 2 aromatic rings. The van der Waals surface area contributed by atoms with E-state index in [2.05, 4.69) is 31.2 Å². The Morgan fingerprint density at radius 2 is 2.00 bits per heavy atom. The normalized spacial score (nSPS) is 12.7. The van der Waals surface area contributed by atoms with Gasteiger partial charge in [-0.25, -0.2) is 0 Å². The van der Waals surface area contributed by atoms with Gasteiger partial charge < -0.3 is 5.32 Å². The fourth-order valence-electron chi connectivity index (χ4n) is 2.75. The largest absolute Gasteiger partial charge is 0.313 e. The molecule has 5 heteroatoms. The van der Waals surface area contributed by atoms with Crippen LogP contribution in [0.1, 0.15) is 41.9 Å². The molecular weight excluding hydrogens is 305 g/mol. The number of aromatic nitrogens is 2. The summed E-state index contributed by atoms with van der Waals surface area (Å²) < 4.78 is 2.00. The zero-order valence-corrected chi connectivity index (χ0v) is 14.4. The lowest BCUT2D eigenvalue weighted by molar-refractivity contribution is 0.568. The van der Waals surface area contributed by atoms with Gasteiger partial charge in [0.1, 0.15) is 0 Å². The highest BCUT2D eigenvalue weighted by Crippen LogP contribution is 2.26. The average Bonchev–Trinajstić information content (AvgIpc) is 2.72. The Bertz CT molecular complexity index is 631. The van der Waals surface area contributed by atoms with Gasteiger partial charge in [0.05, 0.1) is 12.2 Å². The summed E-state index contributed by atoms with van der Waals surface area (Å²) in [6.45, 7) is 6.96. The fraction of sp³-hybridized carbons (Fsp3) is 0.438. The van der Waals surface area contributed by atoms with E-state index in [4.69, 9.17) is 23.2 Å². The molecule has 0 saturated heterocycles. The van der Waals surface area contributed by atoms with Gasteiger partial charge in [0.25, 0.3) is 0 Å². The monoisotopic (exact) mass is 325 g/mol. The molecule has 1 aromatic carbocycles. The van der Waals surface area contributed by atoms with E-state index in [1.165, 1.54) is 11.3 Å². The maximum absolute atomic E-state index is 6.25. The molecule has 0 aliphatic rings. The predicted octanol–water partition coefficient (Wildman–Crippen LogP) is 4.53. The van der Waals surface area contributed by atoms with Gasteiger partial charge >= 0.3 is 0 Å². The zero-order valence-electron chi connectivity index (χ0n) is 12.9. The van der Waals surface area contributed by atoms with E-state index < -0.39 is 0 Å². The minimum atomic E-state index is 0.327. The van der Waals surface area contributed by atoms with Crippen LogP contribution in [-0.4, -0.2) is 16.8 Å². The molecule has 0 fully saturated rings. The van der Waals surface area contributed by atoms with Gasteiger partial charge in [-0.3, -0.25) is 4.68 Å². The van der Waals surface area contributed by atoms with Gasteiger partial charge in [0.15, 0.2) is 0 Å². The summed E-state index contributed by atoms with van der Waals surface area (Å²) in [4.78, 5) is 0. The molecular formula is C16H21Cl2N3. The lowest BCUT2D eigenvalue weighted by Gasteiger charge is -2.15. The molecule has 0 aliphatic heterocycles. The second kappa shape index (κ2) is 6.82. The predicted molar refractivity (Wildman–Crippen MR) is 89.4 cm³/mol. The molecule has 0 bridgehead atoms. The smallest absolute Gasteiger partial charge is 0.0677 e. The summed E-state index contributed by atoms with van der Waals surface area (Å²) in [6, 6.07) is 5.85. The van der Waals surface area contributed by atoms with Crippen molar-refractivity contribution in [3.05, 3.63) is 50.8 Å². The number of hydrogen-bond acceptors (Lipinski definition) is 2. The highest BCUT2D eigenvalue weighted by molar-refractivity contribution is 6.33. The summed E-state index contributed by atoms with van der Waals surface area (Å²) in [6.07, 6.45) is 1.03. The van der Waals surface area contributed by atoms with Crippen molar-refractivity contribution in [2.45, 2.75) is 39.8 Å². The van der Waals surface area contributed by atoms with Crippen LogP contribution in [0.5, 0.6) is 0 Å². The molecule has 114 valence electrons. The number of aryl methyl sites for hydroxylation is 1. The molecule has 0 radical (unpaired) electrons. The third-order valence-electron chi connectivity index (χ3n) is 3.87. The molecule has 0 spiro atoms. The Morgan fingerprint density at radius 1 is 1.29 bits per heavy atom. The highest BCUT2D eigenvalue weighted by atomic mass is 35.5. The second-order valence-corrected chi connectivity index (χ2v) is 6.07. The van der Waals surface area contributed by atoms with E-state index in [0.717, 1.165) is 17.7 Å². The third kappa shape index (κ3) is 3.42. The van der Waals surface area contributed by atoms with Crippen LogP contribution in [-0.2, 0) is 6.54 Å². The number of rotatable bonds is 5. The second-order valence-electron chi connectivity index (χ2n) is 5.23. The number of nitrogens with zero attached hydrogens (tertiary/aromatic N) is 2. The van der Waals surface area contributed by atoms with Gasteiger partial charge in [-0.2, -0.15) is 5.10 Å². The number of hydrogen-bond donors (Lipinski definition) is 1. The summed E-state index contributed by atoms with van der Waals surface area (Å²) in [5.41, 5.74) is 4.49. The van der Waals surface area contributed by atoms with Crippen molar-refractivity contribution in [2.24, 2.45) is 0 Å². The van der Waals surface area contributed by atoms with Crippen molar-refractivity contribution < 1.29 is 0 Å². The fourth-order valence-corrected chi connectivity index (χ4v) is 3.12. The lowest BCUT2D eigenvalue weighted by Crippen LogP contribution is -2.17. The Balaban J connectivity index is 2.38. The first kappa shape index (κ1) is 16.3. The molecule has 0 saturated carbocycles. The van der Waals surface area contributed by atoms with Crippen molar-refractivity contribution in [3.8, 4) is 0 Å². The van der Waals surface area contributed by atoms with E-state index in [1.807, 2.05) is 23.9 Å². The van der Waals surface area contributed by atoms with E-state index in [9.17, 15) is 0 Å². The van der Waals surface area contributed by atoms with E-state index >= 15 is 0 Å². The Kier molecular flexibility index (Phi) is 5.31. The Labute approximate surface area is 136 Å². The van der Waals surface area contributed by atoms with Gasteiger partial charge in [0, 0.05) is 27.3 Å². The molecule has 1 aromatic heterocycles. The standard InChI is InChI=1S/C16H21Cl2N3/c1-5-15(19-4)16-10(2)20-21(11(16)3)9-12-8-13(17)6-7-14(12)18/h6-8,15,19H,5,9H2,1-4H3. The summed E-state index contributed by atoms with van der Waals surface area (Å²) in [7, 11) is 1.98. The van der Waals surface area contributed by atoms with Crippen molar-refractivity contribution >= 4 is 23.2 Å². The van der Waals surface area contributed by atoms with Gasteiger partial charge in [-0.1, -0.05) is 30.1 Å². The summed E-state index contributed by atoms with van der Waals surface area (Å²) in [5.74, 6) is 0. The zero-order chi connectivity index (χ0) is 15.6. The number of halogens is 2. The van der Waals surface area contributed by atoms with Crippen molar-refractivity contribution in [2.75, 3.05) is 7.05 Å². The molecule has 0 aliphatic carbocycles. The first-order valence-corrected chi connectivity index (χ1v) is 7.88. The van der Waals surface area contributed by atoms with Crippen molar-refractivity contribution in [1.29, 1.82) is 0 Å². The molecule has 0 amide bonds. The van der Waals surface area contributed by atoms with Gasteiger partial charge in [-0.05, 0) is 51.1 Å². The van der Waals surface area contributed by atoms with Crippen molar-refractivity contribution in [3.63, 3.8) is 0 Å². The summed E-state index contributed by atoms with van der Waals surface area (Å²) >= 11 is 12.3. The van der Waals surface area contributed by atoms with Crippen LogP contribution >= 0.6 is 23.2 Å². The average molecular weight is 326 g/mol. The molecule has 1 unspecified atom stereocenters. The minimum Gasteiger partial charge on any atom is -0.313 e. The Morgan fingerprint density at radius 3 is 2.62 bits per heavy atom. The maximum atomic E-state index is 6.25. The van der Waals surface area contributed by atoms with Crippen LogP contribution in [0.15, 0.2) is 18.2 Å². The number of nitrogens with one attached hydrogen (secondary N) is 1. The third-order valence-corrected chi connectivity index (χ3v) is 4.47. The quantitative estimate of drug-likeness (QED) is 0.875. The van der Waals surface area contributed by atoms with E-state index in [-0.39, 0.29) is 0 Å². The molecule has 1 atom stereocenters. The first-order chi connectivity index (χ1) is 9.97. The van der Waals surface area contributed by atoms with Crippen LogP contribution in [0.3, 0.4) is 0 Å². The summed E-state index contributed by atoms with van der Waals surface area (Å²) in [5, 5.41) is 9.42. The van der Waals surface area contributed by atoms with Crippen LogP contribution in [0.4, 0.5) is 0 Å². The molecule has 2 rings (SSSR count). The van der Waals surface area contributed by atoms with Gasteiger partial charge in [0.2, 0.25) is 0 Å². The number of benzene rings is 1. The van der Waals surface area contributed by atoms with E-state index in [0.29, 0.717) is 22.6 Å². The molecule has 3 nitrogen and oxygen atoms in total. The van der Waals surface area contributed by atoms with Crippen LogP contribution in [0, 0.1) is 13.8 Å². The van der Waals surface area contributed by atoms with Crippen LogP contribution in [0.25, 0.3) is 0 Å². The SMILES string of the molecule is CCC(NC)c1c(C)nn(Cc2cc(Cl)ccc2Cl)c1C. The van der Waals surface area contributed by atoms with Gasteiger partial charge in [-0.15, -0.1) is 0 Å². The minimum absolute atomic E-state index is 0.327. The van der Waals surface area contributed by atoms with E-state index in [1.54, 1.807) is 6.07 Å². The Hall–Kier alpha value is -1.03. The van der Waals surface area contributed by atoms with Crippen molar-refractivity contribution in [1.82, 2.24) is 15.1 Å². The lowest BCUT2D eigenvalue weighted by atomic mass is 10.0. The topological polar surface area (TPSA) is 29.9 Å². The van der Waals surface area contributed by atoms with Crippen LogP contribution in [0.2, 0.25) is 10.0 Å². The maximum Gasteiger partial charge on any atom is 0.0677 e.